The van der Waals surface area contributed by atoms with Crippen LogP contribution in [0.3, 0.4) is 0 Å². The van der Waals surface area contributed by atoms with E-state index < -0.39 is 9.84 Å². The molecule has 35 heavy (non-hydrogen) atoms. The van der Waals surface area contributed by atoms with Crippen molar-refractivity contribution in [3.63, 3.8) is 0 Å². The molecule has 11 heteroatoms. The maximum absolute atomic E-state index is 11.8. The van der Waals surface area contributed by atoms with Crippen LogP contribution in [0.5, 0.6) is 5.88 Å². The van der Waals surface area contributed by atoms with E-state index in [-0.39, 0.29) is 11.5 Å². The summed E-state index contributed by atoms with van der Waals surface area (Å²) in [4.78, 5) is 15.8. The van der Waals surface area contributed by atoms with E-state index in [1.165, 1.54) is 23.9 Å². The van der Waals surface area contributed by atoms with E-state index in [2.05, 4.69) is 45.8 Å². The average molecular weight is 514 g/mol. The first-order valence-electron chi connectivity index (χ1n) is 11.4. The number of thiophene rings is 1. The van der Waals surface area contributed by atoms with Crippen LogP contribution >= 0.6 is 11.3 Å². The second kappa shape index (κ2) is 8.87. The Kier molecular flexibility index (Phi) is 6.00. The lowest BCUT2D eigenvalue weighted by Gasteiger charge is -2.30. The van der Waals surface area contributed by atoms with Crippen LogP contribution in [0.15, 0.2) is 45.4 Å². The van der Waals surface area contributed by atoms with Gasteiger partial charge in [0.25, 0.3) is 0 Å². The van der Waals surface area contributed by atoms with Gasteiger partial charge in [0.1, 0.15) is 17.1 Å². The minimum atomic E-state index is -3.24. The lowest BCUT2D eigenvalue weighted by Crippen LogP contribution is -2.38. The van der Waals surface area contributed by atoms with Gasteiger partial charge in [0, 0.05) is 48.5 Å². The Morgan fingerprint density at radius 1 is 1.11 bits per heavy atom. The zero-order valence-electron chi connectivity index (χ0n) is 20.1. The Labute approximate surface area is 208 Å². The predicted octanol–water partition coefficient (Wildman–Crippen LogP) is 4.49. The lowest BCUT2D eigenvalue weighted by molar-refractivity contribution is 0.164. The van der Waals surface area contributed by atoms with E-state index in [4.69, 9.17) is 9.26 Å². The predicted molar refractivity (Wildman–Crippen MR) is 135 cm³/mol. The maximum Gasteiger partial charge on any atom is 0.324 e. The summed E-state index contributed by atoms with van der Waals surface area (Å²) in [6.07, 6.45) is 4.36. The quantitative estimate of drug-likeness (QED) is 0.381. The standard InChI is InChI=1S/C24H27N5O4S2/c1-24(2,3)22-27-23(33-28-22)29-11-9-16(10-12-29)32-21-20-19(25-14-26-21)18(13-34-20)15-5-7-17(8-6-15)35(4,30)31/h5-8,13-14,16H,9-12H2,1-4H3. The normalized spacial score (nSPS) is 15.6. The number of anilines is 1. The fourth-order valence-corrected chi connectivity index (χ4v) is 5.56. The first-order chi connectivity index (χ1) is 16.6. The molecule has 0 unspecified atom stereocenters. The minimum absolute atomic E-state index is 0.0222. The molecule has 0 radical (unpaired) electrons. The van der Waals surface area contributed by atoms with Crippen molar-refractivity contribution in [2.45, 2.75) is 50.0 Å². The van der Waals surface area contributed by atoms with E-state index >= 15 is 0 Å². The molecule has 1 aliphatic heterocycles. The highest BCUT2D eigenvalue weighted by molar-refractivity contribution is 7.90. The molecule has 0 saturated carbocycles. The van der Waals surface area contributed by atoms with Crippen LogP contribution in [0.4, 0.5) is 6.01 Å². The number of nitrogens with zero attached hydrogens (tertiary/aromatic N) is 5. The molecular formula is C24H27N5O4S2. The highest BCUT2D eigenvalue weighted by Crippen LogP contribution is 2.37. The molecule has 1 aliphatic rings. The largest absolute Gasteiger partial charge is 0.473 e. The fourth-order valence-electron chi connectivity index (χ4n) is 3.97. The molecule has 0 spiro atoms. The highest BCUT2D eigenvalue weighted by Gasteiger charge is 2.28. The average Bonchev–Trinajstić information content (AvgIpc) is 3.48. The van der Waals surface area contributed by atoms with Gasteiger partial charge in [0.2, 0.25) is 5.88 Å². The monoisotopic (exact) mass is 513 g/mol. The van der Waals surface area contributed by atoms with Gasteiger partial charge in [-0.05, 0) is 17.7 Å². The SMILES string of the molecule is CC(C)(C)c1noc(N2CCC(Oc3ncnc4c(-c5ccc(S(C)(=O)=O)cc5)csc34)CC2)n1. The van der Waals surface area contributed by atoms with E-state index in [9.17, 15) is 8.42 Å². The van der Waals surface area contributed by atoms with Crippen molar-refractivity contribution in [2.75, 3.05) is 24.2 Å². The molecule has 0 aliphatic carbocycles. The molecule has 1 fully saturated rings. The first kappa shape index (κ1) is 23.7. The van der Waals surface area contributed by atoms with E-state index in [0.29, 0.717) is 22.6 Å². The molecule has 4 heterocycles. The summed E-state index contributed by atoms with van der Waals surface area (Å²) < 4.78 is 36.2. The van der Waals surface area contributed by atoms with E-state index in [0.717, 1.165) is 47.3 Å². The molecule has 4 aromatic rings. The van der Waals surface area contributed by atoms with Crippen LogP contribution in [0.2, 0.25) is 0 Å². The van der Waals surface area contributed by atoms with Crippen molar-refractivity contribution in [1.82, 2.24) is 20.1 Å². The Balaban J connectivity index is 1.29. The maximum atomic E-state index is 11.8. The van der Waals surface area contributed by atoms with Crippen molar-refractivity contribution in [3.05, 3.63) is 41.8 Å². The molecule has 184 valence electrons. The molecule has 0 bridgehead atoms. The summed E-state index contributed by atoms with van der Waals surface area (Å²) in [6.45, 7) is 7.69. The van der Waals surface area contributed by atoms with Gasteiger partial charge in [-0.2, -0.15) is 4.98 Å². The number of hydrogen-bond donors (Lipinski definition) is 0. The summed E-state index contributed by atoms with van der Waals surface area (Å²) in [7, 11) is -3.24. The number of rotatable bonds is 5. The van der Waals surface area contributed by atoms with Crippen LogP contribution in [-0.2, 0) is 15.3 Å². The number of fused-ring (bicyclic) bond motifs is 1. The van der Waals surface area contributed by atoms with Crippen LogP contribution in [-0.4, -0.2) is 54.0 Å². The van der Waals surface area contributed by atoms with Gasteiger partial charge in [0.15, 0.2) is 15.7 Å². The Morgan fingerprint density at radius 3 is 2.46 bits per heavy atom. The van der Waals surface area contributed by atoms with Gasteiger partial charge < -0.3 is 14.2 Å². The first-order valence-corrected chi connectivity index (χ1v) is 14.2. The van der Waals surface area contributed by atoms with Gasteiger partial charge in [-0.3, -0.25) is 0 Å². The third-order valence-corrected chi connectivity index (χ3v) is 8.08. The van der Waals surface area contributed by atoms with E-state index in [1.807, 2.05) is 5.38 Å². The molecule has 0 amide bonds. The highest BCUT2D eigenvalue weighted by atomic mass is 32.2. The zero-order valence-corrected chi connectivity index (χ0v) is 21.7. The van der Waals surface area contributed by atoms with Crippen molar-refractivity contribution in [1.29, 1.82) is 0 Å². The second-order valence-electron chi connectivity index (χ2n) is 9.76. The van der Waals surface area contributed by atoms with Gasteiger partial charge >= 0.3 is 6.01 Å². The summed E-state index contributed by atoms with van der Waals surface area (Å²) in [5, 5.41) is 6.13. The van der Waals surface area contributed by atoms with Crippen molar-refractivity contribution in [3.8, 4) is 17.0 Å². The fraction of sp³-hybridized carbons (Fsp3) is 0.417. The molecule has 0 atom stereocenters. The second-order valence-corrected chi connectivity index (χ2v) is 12.7. The summed E-state index contributed by atoms with van der Waals surface area (Å²) in [5.41, 5.74) is 2.47. The number of hydrogen-bond acceptors (Lipinski definition) is 10. The summed E-state index contributed by atoms with van der Waals surface area (Å²) in [5.74, 6) is 1.28. The molecule has 1 aromatic carbocycles. The number of ether oxygens (including phenoxy) is 1. The van der Waals surface area contributed by atoms with Gasteiger partial charge in [-0.15, -0.1) is 11.3 Å². The summed E-state index contributed by atoms with van der Waals surface area (Å²) in [6, 6.07) is 7.41. The van der Waals surface area contributed by atoms with Gasteiger partial charge in [-0.1, -0.05) is 38.1 Å². The Hall–Kier alpha value is -3.05. The van der Waals surface area contributed by atoms with Crippen LogP contribution < -0.4 is 9.64 Å². The topological polar surface area (TPSA) is 111 Å². The number of aromatic nitrogens is 4. The van der Waals surface area contributed by atoms with Crippen molar-refractivity contribution >= 4 is 37.4 Å². The molecular weight excluding hydrogens is 486 g/mol. The van der Waals surface area contributed by atoms with Crippen LogP contribution in [0.25, 0.3) is 21.3 Å². The van der Waals surface area contributed by atoms with Gasteiger partial charge in [-0.25, -0.2) is 18.4 Å². The van der Waals surface area contributed by atoms with Crippen molar-refractivity contribution in [2.24, 2.45) is 0 Å². The van der Waals surface area contributed by atoms with E-state index in [1.54, 1.807) is 24.3 Å². The minimum Gasteiger partial charge on any atom is -0.473 e. The van der Waals surface area contributed by atoms with Crippen LogP contribution in [0, 0.1) is 0 Å². The van der Waals surface area contributed by atoms with Gasteiger partial charge in [0.05, 0.1) is 10.4 Å². The molecule has 5 rings (SSSR count). The number of piperidine rings is 1. The Morgan fingerprint density at radius 2 is 1.83 bits per heavy atom. The van der Waals surface area contributed by atoms with Crippen LogP contribution in [0.1, 0.15) is 39.4 Å². The Bertz CT molecular complexity index is 1450. The number of sulfone groups is 1. The summed E-state index contributed by atoms with van der Waals surface area (Å²) >= 11 is 1.52. The molecule has 3 aromatic heterocycles. The zero-order chi connectivity index (χ0) is 24.8. The smallest absolute Gasteiger partial charge is 0.324 e. The number of benzene rings is 1. The molecule has 1 saturated heterocycles. The third kappa shape index (κ3) is 4.87. The molecule has 0 N–H and O–H groups in total. The third-order valence-electron chi connectivity index (χ3n) is 5.99. The lowest BCUT2D eigenvalue weighted by atomic mass is 9.96. The van der Waals surface area contributed by atoms with Crippen molar-refractivity contribution < 1.29 is 17.7 Å². The molecule has 9 nitrogen and oxygen atoms in total.